The smallest absolute Gasteiger partial charge is 0.242 e. The Morgan fingerprint density at radius 2 is 2.11 bits per heavy atom. The lowest BCUT2D eigenvalue weighted by atomic mass is 10.0. The van der Waals surface area contributed by atoms with Crippen LogP contribution in [0.2, 0.25) is 5.02 Å². The summed E-state index contributed by atoms with van der Waals surface area (Å²) in [5, 5.41) is 0.365. The van der Waals surface area contributed by atoms with Gasteiger partial charge in [0.05, 0.1) is 5.69 Å². The van der Waals surface area contributed by atoms with Crippen LogP contribution in [0.5, 0.6) is 0 Å². The zero-order valence-corrected chi connectivity index (χ0v) is 12.5. The Morgan fingerprint density at radius 3 is 2.68 bits per heavy atom. The lowest BCUT2D eigenvalue weighted by Crippen LogP contribution is -2.30. The molecule has 2 rings (SSSR count). The molecule has 1 fully saturated rings. The van der Waals surface area contributed by atoms with Crippen molar-refractivity contribution < 1.29 is 8.42 Å². The van der Waals surface area contributed by atoms with Crippen LogP contribution in [0.1, 0.15) is 32.6 Å². The van der Waals surface area contributed by atoms with Crippen molar-refractivity contribution in [2.45, 2.75) is 37.5 Å². The minimum atomic E-state index is -3.58. The molecule has 1 aromatic rings. The summed E-state index contributed by atoms with van der Waals surface area (Å²) in [6.07, 6.45) is 4.31. The monoisotopic (exact) mass is 302 g/mol. The molecular formula is C13H19ClN2O2S. The lowest BCUT2D eigenvalue weighted by Gasteiger charge is -2.16. The van der Waals surface area contributed by atoms with Gasteiger partial charge in [-0.15, -0.1) is 0 Å². The summed E-state index contributed by atoms with van der Waals surface area (Å²) in [5.41, 5.74) is 6.09. The third kappa shape index (κ3) is 3.41. The molecule has 0 saturated heterocycles. The van der Waals surface area contributed by atoms with Gasteiger partial charge in [-0.25, -0.2) is 13.1 Å². The zero-order chi connectivity index (χ0) is 14.1. The molecule has 0 amide bonds. The molecule has 0 radical (unpaired) electrons. The fourth-order valence-corrected chi connectivity index (χ4v) is 3.84. The molecule has 0 unspecified atom stereocenters. The van der Waals surface area contributed by atoms with Gasteiger partial charge in [-0.05, 0) is 42.9 Å². The second kappa shape index (κ2) is 5.31. The quantitative estimate of drug-likeness (QED) is 0.794. The van der Waals surface area contributed by atoms with Crippen LogP contribution in [0.3, 0.4) is 0 Å². The number of nitrogens with two attached hydrogens (primary N) is 1. The molecule has 0 aromatic heterocycles. The number of halogens is 1. The van der Waals surface area contributed by atoms with E-state index < -0.39 is 10.0 Å². The van der Waals surface area contributed by atoms with E-state index in [2.05, 4.69) is 11.6 Å². The number of anilines is 1. The van der Waals surface area contributed by atoms with Gasteiger partial charge >= 0.3 is 0 Å². The molecule has 1 aliphatic carbocycles. The number of benzene rings is 1. The minimum Gasteiger partial charge on any atom is -0.398 e. The van der Waals surface area contributed by atoms with Gasteiger partial charge in [0.2, 0.25) is 10.0 Å². The zero-order valence-electron chi connectivity index (χ0n) is 10.9. The second-order valence-corrected chi connectivity index (χ2v) is 7.43. The highest BCUT2D eigenvalue weighted by Crippen LogP contribution is 2.49. The molecule has 0 bridgehead atoms. The molecular weight excluding hydrogens is 284 g/mol. The summed E-state index contributed by atoms with van der Waals surface area (Å²) in [6.45, 7) is 2.60. The second-order valence-electron chi connectivity index (χ2n) is 5.26. The van der Waals surface area contributed by atoms with Crippen LogP contribution in [0.15, 0.2) is 23.1 Å². The first-order chi connectivity index (χ1) is 8.88. The molecule has 0 aliphatic heterocycles. The summed E-state index contributed by atoms with van der Waals surface area (Å²) in [7, 11) is -3.58. The molecule has 1 aliphatic rings. The SMILES string of the molecule is CCCC1(CNS(=O)(=O)c2cc(Cl)ccc2N)CC1. The van der Waals surface area contributed by atoms with Gasteiger partial charge in [0.15, 0.2) is 0 Å². The molecule has 19 heavy (non-hydrogen) atoms. The average molecular weight is 303 g/mol. The van der Waals surface area contributed by atoms with Crippen molar-refractivity contribution in [2.75, 3.05) is 12.3 Å². The van der Waals surface area contributed by atoms with Crippen LogP contribution in [0.4, 0.5) is 5.69 Å². The van der Waals surface area contributed by atoms with E-state index in [0.29, 0.717) is 11.6 Å². The maximum Gasteiger partial charge on any atom is 0.242 e. The number of rotatable bonds is 6. The topological polar surface area (TPSA) is 72.2 Å². The summed E-state index contributed by atoms with van der Waals surface area (Å²) >= 11 is 5.83. The van der Waals surface area contributed by atoms with Gasteiger partial charge in [-0.3, -0.25) is 0 Å². The summed E-state index contributed by atoms with van der Waals surface area (Å²) in [4.78, 5) is 0.0623. The van der Waals surface area contributed by atoms with Crippen LogP contribution in [0, 0.1) is 5.41 Å². The highest BCUT2D eigenvalue weighted by molar-refractivity contribution is 7.89. The van der Waals surface area contributed by atoms with Crippen molar-refractivity contribution in [1.29, 1.82) is 0 Å². The number of nitrogens with one attached hydrogen (secondary N) is 1. The average Bonchev–Trinajstić information content (AvgIpc) is 3.11. The Morgan fingerprint density at radius 1 is 1.42 bits per heavy atom. The van der Waals surface area contributed by atoms with Crippen LogP contribution in [-0.4, -0.2) is 15.0 Å². The Hall–Kier alpha value is -0.780. The molecule has 0 spiro atoms. The maximum atomic E-state index is 12.2. The number of hydrogen-bond acceptors (Lipinski definition) is 3. The molecule has 6 heteroatoms. The lowest BCUT2D eigenvalue weighted by molar-refractivity contribution is 0.449. The Balaban J connectivity index is 2.12. The number of hydrogen-bond donors (Lipinski definition) is 2. The highest BCUT2D eigenvalue weighted by Gasteiger charge is 2.42. The standard InChI is InChI=1S/C13H19ClN2O2S/c1-2-5-13(6-7-13)9-16-19(17,18)12-8-10(14)3-4-11(12)15/h3-4,8,16H,2,5-7,9,15H2,1H3. The predicted molar refractivity (Wildman–Crippen MR) is 77.6 cm³/mol. The Bertz CT molecular complexity index is 568. The van der Waals surface area contributed by atoms with E-state index in [-0.39, 0.29) is 16.0 Å². The first kappa shape index (κ1) is 14.6. The van der Waals surface area contributed by atoms with Crippen molar-refractivity contribution in [2.24, 2.45) is 5.41 Å². The van der Waals surface area contributed by atoms with Crippen LogP contribution in [0.25, 0.3) is 0 Å². The first-order valence-electron chi connectivity index (χ1n) is 6.43. The fraction of sp³-hybridized carbons (Fsp3) is 0.538. The molecule has 4 nitrogen and oxygen atoms in total. The van der Waals surface area contributed by atoms with E-state index >= 15 is 0 Å². The molecule has 106 valence electrons. The highest BCUT2D eigenvalue weighted by atomic mass is 35.5. The summed E-state index contributed by atoms with van der Waals surface area (Å²) < 4.78 is 27.1. The largest absolute Gasteiger partial charge is 0.398 e. The van der Waals surface area contributed by atoms with Gasteiger partial charge in [0, 0.05) is 11.6 Å². The Labute approximate surface area is 119 Å². The number of nitrogen functional groups attached to an aromatic ring is 1. The Kier molecular flexibility index (Phi) is 4.08. The fourth-order valence-electron chi connectivity index (χ4n) is 2.29. The van der Waals surface area contributed by atoms with E-state index in [1.807, 2.05) is 0 Å². The first-order valence-corrected chi connectivity index (χ1v) is 8.29. The van der Waals surface area contributed by atoms with Crippen molar-refractivity contribution in [1.82, 2.24) is 4.72 Å². The van der Waals surface area contributed by atoms with Gasteiger partial charge in [-0.2, -0.15) is 0 Å². The van der Waals surface area contributed by atoms with E-state index in [1.54, 1.807) is 6.07 Å². The van der Waals surface area contributed by atoms with E-state index in [9.17, 15) is 8.42 Å². The molecule has 0 atom stereocenters. The third-order valence-corrected chi connectivity index (χ3v) is 5.33. The van der Waals surface area contributed by atoms with Crippen LogP contribution >= 0.6 is 11.6 Å². The number of sulfonamides is 1. The van der Waals surface area contributed by atoms with E-state index in [4.69, 9.17) is 17.3 Å². The van der Waals surface area contributed by atoms with Crippen molar-refractivity contribution in [3.63, 3.8) is 0 Å². The van der Waals surface area contributed by atoms with Crippen molar-refractivity contribution in [3.8, 4) is 0 Å². The minimum absolute atomic E-state index is 0.0623. The van der Waals surface area contributed by atoms with E-state index in [1.165, 1.54) is 12.1 Å². The molecule has 3 N–H and O–H groups in total. The summed E-state index contributed by atoms with van der Waals surface area (Å²) in [5.74, 6) is 0. The van der Waals surface area contributed by atoms with Crippen LogP contribution < -0.4 is 10.5 Å². The van der Waals surface area contributed by atoms with Gasteiger partial charge in [0.25, 0.3) is 0 Å². The third-order valence-electron chi connectivity index (χ3n) is 3.64. The van der Waals surface area contributed by atoms with Gasteiger partial charge < -0.3 is 5.73 Å². The van der Waals surface area contributed by atoms with Gasteiger partial charge in [0.1, 0.15) is 4.90 Å². The van der Waals surface area contributed by atoms with Crippen LogP contribution in [-0.2, 0) is 10.0 Å². The predicted octanol–water partition coefficient (Wildman–Crippen LogP) is 2.78. The molecule has 0 heterocycles. The molecule has 1 saturated carbocycles. The normalized spacial score (nSPS) is 17.4. The van der Waals surface area contributed by atoms with Crippen molar-refractivity contribution >= 4 is 27.3 Å². The molecule has 1 aromatic carbocycles. The summed E-state index contributed by atoms with van der Waals surface area (Å²) in [6, 6.07) is 4.48. The van der Waals surface area contributed by atoms with Gasteiger partial charge in [-0.1, -0.05) is 24.9 Å². The maximum absolute atomic E-state index is 12.2. The van der Waals surface area contributed by atoms with E-state index in [0.717, 1.165) is 25.7 Å². The van der Waals surface area contributed by atoms with Crippen molar-refractivity contribution in [3.05, 3.63) is 23.2 Å².